The SMILES string of the molecule is Cl.NC(C(=O)N1CC2(CCCC2)c2ccccc21)c1ccccc1. The summed E-state index contributed by atoms with van der Waals surface area (Å²) in [7, 11) is 0. The number of hydrogen-bond donors (Lipinski definition) is 1. The van der Waals surface area contributed by atoms with E-state index in [2.05, 4.69) is 18.2 Å². The number of benzene rings is 2. The maximum absolute atomic E-state index is 13.0. The predicted octanol–water partition coefficient (Wildman–Crippen LogP) is 3.97. The molecule has 2 aliphatic rings. The Morgan fingerprint density at radius 1 is 1.00 bits per heavy atom. The summed E-state index contributed by atoms with van der Waals surface area (Å²) in [4.78, 5) is 15.0. The van der Waals surface area contributed by atoms with Crippen LogP contribution in [0.1, 0.15) is 42.9 Å². The summed E-state index contributed by atoms with van der Waals surface area (Å²) in [6.07, 6.45) is 4.85. The van der Waals surface area contributed by atoms with E-state index in [1.807, 2.05) is 41.3 Å². The van der Waals surface area contributed by atoms with Gasteiger partial charge in [-0.2, -0.15) is 0 Å². The van der Waals surface area contributed by atoms with Crippen molar-refractivity contribution in [2.45, 2.75) is 37.1 Å². The van der Waals surface area contributed by atoms with Gasteiger partial charge < -0.3 is 10.6 Å². The van der Waals surface area contributed by atoms with Crippen LogP contribution in [0.3, 0.4) is 0 Å². The molecule has 1 unspecified atom stereocenters. The Hall–Kier alpha value is -1.84. The van der Waals surface area contributed by atoms with Crippen molar-refractivity contribution >= 4 is 24.0 Å². The molecular weight excluding hydrogens is 320 g/mol. The highest BCUT2D eigenvalue weighted by molar-refractivity contribution is 6.00. The first kappa shape index (κ1) is 17.0. The summed E-state index contributed by atoms with van der Waals surface area (Å²) in [6, 6.07) is 17.4. The van der Waals surface area contributed by atoms with Gasteiger partial charge in [0, 0.05) is 17.6 Å². The van der Waals surface area contributed by atoms with Crippen molar-refractivity contribution in [1.29, 1.82) is 0 Å². The third kappa shape index (κ3) is 2.62. The molecule has 1 fully saturated rings. The zero-order valence-electron chi connectivity index (χ0n) is 13.7. The number of carbonyl (C=O) groups excluding carboxylic acids is 1. The Balaban J connectivity index is 0.00000169. The summed E-state index contributed by atoms with van der Waals surface area (Å²) in [5.41, 5.74) is 9.70. The van der Waals surface area contributed by atoms with E-state index < -0.39 is 6.04 Å². The van der Waals surface area contributed by atoms with Crippen LogP contribution in [0.4, 0.5) is 5.69 Å². The fourth-order valence-corrected chi connectivity index (χ4v) is 4.28. The van der Waals surface area contributed by atoms with Gasteiger partial charge in [0.15, 0.2) is 0 Å². The van der Waals surface area contributed by atoms with Crippen LogP contribution in [0.5, 0.6) is 0 Å². The molecule has 2 aromatic rings. The molecule has 0 bridgehead atoms. The highest BCUT2D eigenvalue weighted by Gasteiger charge is 2.46. The van der Waals surface area contributed by atoms with Gasteiger partial charge in [-0.3, -0.25) is 4.79 Å². The maximum Gasteiger partial charge on any atom is 0.248 e. The van der Waals surface area contributed by atoms with E-state index in [0.29, 0.717) is 0 Å². The first-order chi connectivity index (χ1) is 11.2. The van der Waals surface area contributed by atoms with Gasteiger partial charge >= 0.3 is 0 Å². The van der Waals surface area contributed by atoms with Gasteiger partial charge in [0.1, 0.15) is 6.04 Å². The van der Waals surface area contributed by atoms with Crippen molar-refractivity contribution in [1.82, 2.24) is 0 Å². The molecule has 24 heavy (non-hydrogen) atoms. The lowest BCUT2D eigenvalue weighted by Crippen LogP contribution is -2.40. The largest absolute Gasteiger partial charge is 0.316 e. The molecule has 2 aromatic carbocycles. The van der Waals surface area contributed by atoms with Crippen LogP contribution in [-0.4, -0.2) is 12.5 Å². The Bertz CT molecular complexity index is 725. The smallest absolute Gasteiger partial charge is 0.248 e. The first-order valence-corrected chi connectivity index (χ1v) is 8.43. The molecule has 4 heteroatoms. The van der Waals surface area contributed by atoms with Crippen molar-refractivity contribution in [3.8, 4) is 0 Å². The van der Waals surface area contributed by atoms with E-state index in [1.165, 1.54) is 31.2 Å². The van der Waals surface area contributed by atoms with Gasteiger partial charge in [-0.15, -0.1) is 12.4 Å². The minimum atomic E-state index is -0.596. The van der Waals surface area contributed by atoms with Gasteiger partial charge in [0.2, 0.25) is 5.91 Å². The van der Waals surface area contributed by atoms with E-state index in [-0.39, 0.29) is 23.7 Å². The molecule has 1 aliphatic carbocycles. The van der Waals surface area contributed by atoms with Crippen LogP contribution < -0.4 is 10.6 Å². The number of fused-ring (bicyclic) bond motifs is 2. The maximum atomic E-state index is 13.0. The number of halogens is 1. The average Bonchev–Trinajstić information content (AvgIpc) is 3.21. The van der Waals surface area contributed by atoms with Gasteiger partial charge in [0.25, 0.3) is 0 Å². The average molecular weight is 343 g/mol. The molecule has 1 heterocycles. The summed E-state index contributed by atoms with van der Waals surface area (Å²) in [5, 5.41) is 0. The number of nitrogens with zero attached hydrogens (tertiary/aromatic N) is 1. The zero-order valence-corrected chi connectivity index (χ0v) is 14.5. The highest BCUT2D eigenvalue weighted by Crippen LogP contribution is 2.50. The van der Waals surface area contributed by atoms with Crippen molar-refractivity contribution in [3.63, 3.8) is 0 Å². The molecule has 0 saturated heterocycles. The monoisotopic (exact) mass is 342 g/mol. The number of para-hydroxylation sites is 1. The molecular formula is C20H23ClN2O. The van der Waals surface area contributed by atoms with Crippen molar-refractivity contribution < 1.29 is 4.79 Å². The summed E-state index contributed by atoms with van der Waals surface area (Å²) in [6.45, 7) is 0.783. The molecule has 1 aliphatic heterocycles. The summed E-state index contributed by atoms with van der Waals surface area (Å²) >= 11 is 0. The number of amides is 1. The Kier molecular flexibility index (Phi) is 4.66. The number of nitrogens with two attached hydrogens (primary N) is 1. The van der Waals surface area contributed by atoms with Crippen LogP contribution in [0.2, 0.25) is 0 Å². The van der Waals surface area contributed by atoms with Crippen LogP contribution in [0.25, 0.3) is 0 Å². The Morgan fingerprint density at radius 3 is 2.33 bits per heavy atom. The van der Waals surface area contributed by atoms with E-state index in [0.717, 1.165) is 17.8 Å². The lowest BCUT2D eigenvalue weighted by molar-refractivity contribution is -0.120. The summed E-state index contributed by atoms with van der Waals surface area (Å²) in [5.74, 6) is 0.00687. The second-order valence-electron chi connectivity index (χ2n) is 6.82. The van der Waals surface area contributed by atoms with Crippen molar-refractivity contribution in [2.75, 3.05) is 11.4 Å². The quantitative estimate of drug-likeness (QED) is 0.897. The van der Waals surface area contributed by atoms with Crippen LogP contribution in [0.15, 0.2) is 54.6 Å². The molecule has 3 nitrogen and oxygen atoms in total. The first-order valence-electron chi connectivity index (χ1n) is 8.43. The predicted molar refractivity (Wildman–Crippen MR) is 99.6 cm³/mol. The molecule has 4 rings (SSSR count). The molecule has 1 amide bonds. The molecule has 1 atom stereocenters. The van der Waals surface area contributed by atoms with Crippen molar-refractivity contribution in [2.24, 2.45) is 5.73 Å². The normalized spacial score (nSPS) is 19.0. The number of hydrogen-bond acceptors (Lipinski definition) is 2. The van der Waals surface area contributed by atoms with Crippen LogP contribution >= 0.6 is 12.4 Å². The third-order valence-corrected chi connectivity index (χ3v) is 5.48. The van der Waals surface area contributed by atoms with Crippen molar-refractivity contribution in [3.05, 3.63) is 65.7 Å². The van der Waals surface area contributed by atoms with E-state index in [1.54, 1.807) is 0 Å². The molecule has 1 saturated carbocycles. The van der Waals surface area contributed by atoms with E-state index in [9.17, 15) is 4.79 Å². The number of anilines is 1. The minimum Gasteiger partial charge on any atom is -0.316 e. The third-order valence-electron chi connectivity index (χ3n) is 5.48. The molecule has 2 N–H and O–H groups in total. The second-order valence-corrected chi connectivity index (χ2v) is 6.82. The summed E-state index contributed by atoms with van der Waals surface area (Å²) < 4.78 is 0. The van der Waals surface area contributed by atoms with E-state index in [4.69, 9.17) is 5.73 Å². The highest BCUT2D eigenvalue weighted by atomic mass is 35.5. The molecule has 0 aromatic heterocycles. The lowest BCUT2D eigenvalue weighted by Gasteiger charge is -2.26. The minimum absolute atomic E-state index is 0. The van der Waals surface area contributed by atoms with Gasteiger partial charge in [-0.1, -0.05) is 61.4 Å². The van der Waals surface area contributed by atoms with Gasteiger partial charge in [-0.25, -0.2) is 0 Å². The van der Waals surface area contributed by atoms with Crippen LogP contribution in [-0.2, 0) is 10.2 Å². The molecule has 1 spiro atoms. The topological polar surface area (TPSA) is 46.3 Å². The lowest BCUT2D eigenvalue weighted by atomic mass is 9.81. The fraction of sp³-hybridized carbons (Fsp3) is 0.350. The Morgan fingerprint density at radius 2 is 1.62 bits per heavy atom. The zero-order chi connectivity index (χ0) is 15.9. The van der Waals surface area contributed by atoms with Gasteiger partial charge in [0.05, 0.1) is 0 Å². The second kappa shape index (κ2) is 6.58. The molecule has 126 valence electrons. The molecule has 0 radical (unpaired) electrons. The fourth-order valence-electron chi connectivity index (χ4n) is 4.28. The standard InChI is InChI=1S/C20H22N2O.ClH/c21-18(15-8-2-1-3-9-15)19(23)22-14-20(12-6-7-13-20)16-10-4-5-11-17(16)22;/h1-5,8-11,18H,6-7,12-14,21H2;1H. The number of carbonyl (C=O) groups is 1. The van der Waals surface area contributed by atoms with E-state index >= 15 is 0 Å². The van der Waals surface area contributed by atoms with Gasteiger partial charge in [-0.05, 0) is 30.0 Å². The van der Waals surface area contributed by atoms with Crippen LogP contribution in [0, 0.1) is 0 Å². The Labute approximate surface area is 149 Å². The number of rotatable bonds is 2.